The van der Waals surface area contributed by atoms with Crippen LogP contribution in [0.4, 0.5) is 5.69 Å². The van der Waals surface area contributed by atoms with Crippen LogP contribution in [0.25, 0.3) is 0 Å². The Labute approximate surface area is 108 Å². The largest absolute Gasteiger partial charge is 0.398 e. The van der Waals surface area contributed by atoms with Crippen LogP contribution >= 0.6 is 0 Å². The summed E-state index contributed by atoms with van der Waals surface area (Å²) in [5, 5.41) is 8.86. The Bertz CT molecular complexity index is 415. The van der Waals surface area contributed by atoms with Crippen LogP contribution in [0.3, 0.4) is 0 Å². The van der Waals surface area contributed by atoms with Crippen LogP contribution in [-0.2, 0) is 6.54 Å². The molecule has 5 heteroatoms. The number of hydrogen-bond donors (Lipinski definition) is 2. The van der Waals surface area contributed by atoms with Crippen LogP contribution in [0.5, 0.6) is 0 Å². The fourth-order valence-corrected chi connectivity index (χ4v) is 1.86. The molecule has 3 N–H and O–H groups in total. The summed E-state index contributed by atoms with van der Waals surface area (Å²) in [6.45, 7) is 6.65. The number of pyridine rings is 1. The van der Waals surface area contributed by atoms with Crippen LogP contribution in [0, 0.1) is 0 Å². The number of aliphatic hydroxyl groups is 1. The number of hydrogen-bond acceptors (Lipinski definition) is 4. The van der Waals surface area contributed by atoms with Gasteiger partial charge in [-0.2, -0.15) is 0 Å². The summed E-state index contributed by atoms with van der Waals surface area (Å²) in [7, 11) is 0. The Balaban J connectivity index is 2.61. The highest BCUT2D eigenvalue weighted by atomic mass is 16.3. The van der Waals surface area contributed by atoms with Crippen molar-refractivity contribution >= 4 is 5.69 Å². The van der Waals surface area contributed by atoms with Crippen molar-refractivity contribution in [3.05, 3.63) is 28.7 Å². The second kappa shape index (κ2) is 7.18. The van der Waals surface area contributed by atoms with Gasteiger partial charge in [0.1, 0.15) is 0 Å². The molecule has 0 saturated heterocycles. The lowest BCUT2D eigenvalue weighted by molar-refractivity contribution is 0.185. The van der Waals surface area contributed by atoms with E-state index in [2.05, 4.69) is 18.7 Å². The van der Waals surface area contributed by atoms with E-state index in [-0.39, 0.29) is 12.2 Å². The van der Waals surface area contributed by atoms with Crippen molar-refractivity contribution in [2.45, 2.75) is 32.9 Å². The molecular formula is C13H23N3O2. The Hall–Kier alpha value is -1.33. The highest BCUT2D eigenvalue weighted by molar-refractivity contribution is 5.33. The SMILES string of the molecule is CC(C)N(CCCO)CCn1cc(N)ccc1=O. The van der Waals surface area contributed by atoms with Crippen molar-refractivity contribution in [3.63, 3.8) is 0 Å². The quantitative estimate of drug-likeness (QED) is 0.743. The summed E-state index contributed by atoms with van der Waals surface area (Å²) in [5.74, 6) is 0. The molecule has 0 aromatic carbocycles. The molecule has 0 saturated carbocycles. The highest BCUT2D eigenvalue weighted by Crippen LogP contribution is 2.01. The average molecular weight is 253 g/mol. The predicted octanol–water partition coefficient (Wildman–Crippen LogP) is 0.523. The fraction of sp³-hybridized carbons (Fsp3) is 0.615. The normalized spacial score (nSPS) is 11.4. The zero-order chi connectivity index (χ0) is 13.5. The van der Waals surface area contributed by atoms with E-state index < -0.39 is 0 Å². The van der Waals surface area contributed by atoms with Crippen LogP contribution in [0.2, 0.25) is 0 Å². The maximum absolute atomic E-state index is 11.6. The Morgan fingerprint density at radius 2 is 2.11 bits per heavy atom. The van der Waals surface area contributed by atoms with Crippen LogP contribution < -0.4 is 11.3 Å². The summed E-state index contributed by atoms with van der Waals surface area (Å²) < 4.78 is 1.63. The molecule has 0 aliphatic heterocycles. The molecule has 0 radical (unpaired) electrons. The topological polar surface area (TPSA) is 71.5 Å². The first-order valence-electron chi connectivity index (χ1n) is 6.35. The van der Waals surface area contributed by atoms with Gasteiger partial charge < -0.3 is 15.4 Å². The maximum Gasteiger partial charge on any atom is 0.250 e. The third-order valence-electron chi connectivity index (χ3n) is 2.97. The van der Waals surface area contributed by atoms with E-state index in [1.165, 1.54) is 6.07 Å². The number of nitrogens with two attached hydrogens (primary N) is 1. The predicted molar refractivity (Wildman–Crippen MR) is 73.5 cm³/mol. The van der Waals surface area contributed by atoms with Gasteiger partial charge in [0.2, 0.25) is 0 Å². The molecule has 0 unspecified atom stereocenters. The van der Waals surface area contributed by atoms with Crippen molar-refractivity contribution in [2.24, 2.45) is 0 Å². The number of anilines is 1. The zero-order valence-corrected chi connectivity index (χ0v) is 11.2. The number of rotatable bonds is 7. The lowest BCUT2D eigenvalue weighted by Crippen LogP contribution is -2.36. The zero-order valence-electron chi connectivity index (χ0n) is 11.2. The van der Waals surface area contributed by atoms with E-state index in [4.69, 9.17) is 10.8 Å². The van der Waals surface area contributed by atoms with Crippen LogP contribution in [0.15, 0.2) is 23.1 Å². The van der Waals surface area contributed by atoms with Crippen molar-refractivity contribution in [1.29, 1.82) is 0 Å². The van der Waals surface area contributed by atoms with Crippen molar-refractivity contribution in [1.82, 2.24) is 9.47 Å². The monoisotopic (exact) mass is 253 g/mol. The van der Waals surface area contributed by atoms with E-state index in [1.54, 1.807) is 16.8 Å². The minimum Gasteiger partial charge on any atom is -0.398 e. The summed E-state index contributed by atoms with van der Waals surface area (Å²) >= 11 is 0. The molecule has 0 aliphatic carbocycles. The fourth-order valence-electron chi connectivity index (χ4n) is 1.86. The molecule has 0 bridgehead atoms. The Kier molecular flexibility index (Phi) is 5.88. The van der Waals surface area contributed by atoms with Gasteiger partial charge in [-0.1, -0.05) is 0 Å². The van der Waals surface area contributed by atoms with Gasteiger partial charge in [-0.3, -0.25) is 9.69 Å². The molecule has 102 valence electrons. The first kappa shape index (κ1) is 14.7. The molecule has 5 nitrogen and oxygen atoms in total. The van der Waals surface area contributed by atoms with E-state index in [0.29, 0.717) is 18.3 Å². The molecule has 1 aromatic rings. The molecular weight excluding hydrogens is 230 g/mol. The van der Waals surface area contributed by atoms with Gasteiger partial charge in [-0.25, -0.2) is 0 Å². The van der Waals surface area contributed by atoms with Crippen LogP contribution in [-0.4, -0.2) is 40.3 Å². The Morgan fingerprint density at radius 1 is 1.39 bits per heavy atom. The lowest BCUT2D eigenvalue weighted by atomic mass is 10.3. The average Bonchev–Trinajstić information content (AvgIpc) is 2.33. The number of nitrogens with zero attached hydrogens (tertiary/aromatic N) is 2. The summed E-state index contributed by atoms with van der Waals surface area (Å²) in [6, 6.07) is 3.50. The molecule has 0 atom stereocenters. The molecule has 1 heterocycles. The highest BCUT2D eigenvalue weighted by Gasteiger charge is 2.09. The smallest absolute Gasteiger partial charge is 0.250 e. The van der Waals surface area contributed by atoms with Gasteiger partial charge in [0.05, 0.1) is 0 Å². The molecule has 0 fully saturated rings. The van der Waals surface area contributed by atoms with E-state index in [1.807, 2.05) is 0 Å². The molecule has 0 spiro atoms. The summed E-state index contributed by atoms with van der Waals surface area (Å²) in [6.07, 6.45) is 2.43. The third-order valence-corrected chi connectivity index (χ3v) is 2.97. The van der Waals surface area contributed by atoms with Gasteiger partial charge in [0, 0.05) is 50.2 Å². The van der Waals surface area contributed by atoms with E-state index >= 15 is 0 Å². The lowest BCUT2D eigenvalue weighted by Gasteiger charge is -2.26. The maximum atomic E-state index is 11.6. The first-order chi connectivity index (χ1) is 8.54. The second-order valence-corrected chi connectivity index (χ2v) is 4.70. The number of aliphatic hydroxyl groups excluding tert-OH is 1. The van der Waals surface area contributed by atoms with E-state index in [9.17, 15) is 4.79 Å². The van der Waals surface area contributed by atoms with Gasteiger partial charge in [0.15, 0.2) is 0 Å². The van der Waals surface area contributed by atoms with Gasteiger partial charge in [0.25, 0.3) is 5.56 Å². The molecule has 0 amide bonds. The standard InChI is InChI=1S/C13H23N3O2/c1-11(2)15(6-3-9-17)7-8-16-10-12(14)4-5-13(16)18/h4-5,10-11,17H,3,6-9,14H2,1-2H3. The number of aromatic nitrogens is 1. The van der Waals surface area contributed by atoms with Gasteiger partial charge in [-0.05, 0) is 26.3 Å². The van der Waals surface area contributed by atoms with Crippen molar-refractivity contribution in [2.75, 3.05) is 25.4 Å². The van der Waals surface area contributed by atoms with Gasteiger partial charge in [-0.15, -0.1) is 0 Å². The molecule has 0 aliphatic rings. The number of nitrogen functional groups attached to an aromatic ring is 1. The van der Waals surface area contributed by atoms with Crippen molar-refractivity contribution < 1.29 is 5.11 Å². The minimum absolute atomic E-state index is 0.0323. The molecule has 1 aromatic heterocycles. The first-order valence-corrected chi connectivity index (χ1v) is 6.35. The summed E-state index contributed by atoms with van der Waals surface area (Å²) in [5.41, 5.74) is 6.23. The van der Waals surface area contributed by atoms with Crippen LogP contribution in [0.1, 0.15) is 20.3 Å². The minimum atomic E-state index is -0.0323. The second-order valence-electron chi connectivity index (χ2n) is 4.70. The summed E-state index contributed by atoms with van der Waals surface area (Å²) in [4.78, 5) is 13.9. The third kappa shape index (κ3) is 4.50. The Morgan fingerprint density at radius 3 is 2.72 bits per heavy atom. The van der Waals surface area contributed by atoms with Gasteiger partial charge >= 0.3 is 0 Å². The molecule has 18 heavy (non-hydrogen) atoms. The molecule has 1 rings (SSSR count). The van der Waals surface area contributed by atoms with E-state index in [0.717, 1.165) is 19.5 Å². The van der Waals surface area contributed by atoms with Crippen molar-refractivity contribution in [3.8, 4) is 0 Å².